The van der Waals surface area contributed by atoms with Crippen molar-refractivity contribution in [2.45, 2.75) is 38.2 Å². The Balaban J connectivity index is 1.94. The average Bonchev–Trinajstić information content (AvgIpc) is 2.54. The zero-order valence-corrected chi connectivity index (χ0v) is 14.0. The van der Waals surface area contributed by atoms with Crippen LogP contribution in [0.5, 0.6) is 0 Å². The molecule has 1 heterocycles. The van der Waals surface area contributed by atoms with Crippen LogP contribution in [0.4, 0.5) is 5.69 Å². The van der Waals surface area contributed by atoms with Crippen LogP contribution in [0.1, 0.15) is 43.0 Å². The van der Waals surface area contributed by atoms with Gasteiger partial charge < -0.3 is 15.7 Å². The molecule has 1 saturated heterocycles. The van der Waals surface area contributed by atoms with Gasteiger partial charge in [-0.2, -0.15) is 11.8 Å². The van der Waals surface area contributed by atoms with E-state index >= 15 is 0 Å². The molecular weight excluding hydrogens is 296 g/mol. The van der Waals surface area contributed by atoms with Crippen LogP contribution in [0.15, 0.2) is 24.3 Å². The fraction of sp³-hybridized carbons (Fsp3) is 0.588. The van der Waals surface area contributed by atoms with Gasteiger partial charge in [-0.05, 0) is 42.9 Å². The van der Waals surface area contributed by atoms with E-state index in [1.165, 1.54) is 0 Å². The van der Waals surface area contributed by atoms with E-state index in [4.69, 9.17) is 0 Å². The summed E-state index contributed by atoms with van der Waals surface area (Å²) >= 11 is 1.86. The van der Waals surface area contributed by atoms with Gasteiger partial charge in [0.25, 0.3) is 5.91 Å². The van der Waals surface area contributed by atoms with Crippen molar-refractivity contribution in [3.8, 4) is 0 Å². The van der Waals surface area contributed by atoms with E-state index < -0.39 is 5.60 Å². The zero-order valence-electron chi connectivity index (χ0n) is 13.2. The van der Waals surface area contributed by atoms with Gasteiger partial charge in [0.2, 0.25) is 0 Å². The summed E-state index contributed by atoms with van der Waals surface area (Å²) < 4.78 is 0. The van der Waals surface area contributed by atoms with Crippen molar-refractivity contribution in [2.75, 3.05) is 29.9 Å². The number of hydrogen-bond acceptors (Lipinski definition) is 4. The predicted molar refractivity (Wildman–Crippen MR) is 93.7 cm³/mol. The maximum atomic E-state index is 12.4. The molecule has 122 valence electrons. The molecule has 0 radical (unpaired) electrons. The molecule has 3 N–H and O–H groups in total. The lowest BCUT2D eigenvalue weighted by Crippen LogP contribution is -2.45. The molecule has 2 rings (SSSR count). The number of anilines is 1. The molecular formula is C17H26N2O2S. The Morgan fingerprint density at radius 2 is 2.05 bits per heavy atom. The molecule has 4 nitrogen and oxygen atoms in total. The first-order valence-electron chi connectivity index (χ1n) is 8.06. The van der Waals surface area contributed by atoms with Gasteiger partial charge >= 0.3 is 0 Å². The molecule has 0 aromatic heterocycles. The van der Waals surface area contributed by atoms with Gasteiger partial charge in [0.15, 0.2) is 0 Å². The lowest BCUT2D eigenvalue weighted by Gasteiger charge is -2.31. The number of aliphatic hydroxyl groups is 1. The molecule has 1 aromatic carbocycles. The summed E-state index contributed by atoms with van der Waals surface area (Å²) in [6.07, 6.45) is 3.68. The van der Waals surface area contributed by atoms with E-state index in [-0.39, 0.29) is 5.91 Å². The second kappa shape index (κ2) is 8.44. The van der Waals surface area contributed by atoms with Gasteiger partial charge in [-0.15, -0.1) is 0 Å². The van der Waals surface area contributed by atoms with E-state index in [0.29, 0.717) is 12.1 Å². The minimum Gasteiger partial charge on any atom is -0.388 e. The Kier molecular flexibility index (Phi) is 6.58. The Bertz CT molecular complexity index is 487. The van der Waals surface area contributed by atoms with Crippen LogP contribution in [-0.2, 0) is 0 Å². The van der Waals surface area contributed by atoms with Gasteiger partial charge in [0.1, 0.15) is 0 Å². The quantitative estimate of drug-likeness (QED) is 0.676. The van der Waals surface area contributed by atoms with Crippen molar-refractivity contribution in [3.05, 3.63) is 29.8 Å². The van der Waals surface area contributed by atoms with E-state index in [1.54, 1.807) is 0 Å². The summed E-state index contributed by atoms with van der Waals surface area (Å²) in [4.78, 5) is 12.4. The lowest BCUT2D eigenvalue weighted by atomic mass is 9.96. The summed E-state index contributed by atoms with van der Waals surface area (Å²) in [6.45, 7) is 3.33. The van der Waals surface area contributed by atoms with Crippen molar-refractivity contribution in [1.82, 2.24) is 5.32 Å². The normalized spacial score (nSPS) is 17.0. The van der Waals surface area contributed by atoms with Crippen LogP contribution >= 0.6 is 11.8 Å². The van der Waals surface area contributed by atoms with Crippen molar-refractivity contribution in [3.63, 3.8) is 0 Å². The summed E-state index contributed by atoms with van der Waals surface area (Å²) in [5.74, 6) is 1.80. The molecule has 0 bridgehead atoms. The number of nitrogens with one attached hydrogen (secondary N) is 2. The van der Waals surface area contributed by atoms with Crippen molar-refractivity contribution < 1.29 is 9.90 Å². The number of hydrogen-bond donors (Lipinski definition) is 3. The van der Waals surface area contributed by atoms with Crippen LogP contribution in [0.3, 0.4) is 0 Å². The smallest absolute Gasteiger partial charge is 0.253 e. The molecule has 1 fully saturated rings. The topological polar surface area (TPSA) is 61.4 Å². The molecule has 1 aromatic rings. The minimum atomic E-state index is -0.745. The number of para-hydroxylation sites is 1. The Labute approximate surface area is 137 Å². The molecule has 1 aliphatic rings. The fourth-order valence-electron chi connectivity index (χ4n) is 2.50. The molecule has 1 amide bonds. The zero-order chi connectivity index (χ0) is 15.8. The molecule has 0 spiro atoms. The van der Waals surface area contributed by atoms with Crippen LogP contribution in [0.25, 0.3) is 0 Å². The number of amides is 1. The van der Waals surface area contributed by atoms with Crippen molar-refractivity contribution in [1.29, 1.82) is 0 Å². The molecule has 5 heteroatoms. The van der Waals surface area contributed by atoms with Gasteiger partial charge in [-0.25, -0.2) is 0 Å². The predicted octanol–water partition coefficient (Wildman–Crippen LogP) is 2.89. The van der Waals surface area contributed by atoms with E-state index in [0.717, 1.165) is 49.4 Å². The molecule has 0 aliphatic carbocycles. The maximum Gasteiger partial charge on any atom is 0.253 e. The Morgan fingerprint density at radius 1 is 1.32 bits per heavy atom. The van der Waals surface area contributed by atoms with Crippen molar-refractivity contribution in [2.24, 2.45) is 0 Å². The highest BCUT2D eigenvalue weighted by molar-refractivity contribution is 7.99. The SMILES string of the molecule is CCCCNc1ccccc1C(=O)NCC1(O)CCSCC1. The highest BCUT2D eigenvalue weighted by Gasteiger charge is 2.30. The molecule has 0 unspecified atom stereocenters. The first-order chi connectivity index (χ1) is 10.6. The summed E-state index contributed by atoms with van der Waals surface area (Å²) in [5, 5.41) is 16.7. The number of benzene rings is 1. The second-order valence-corrected chi connectivity index (χ2v) is 7.07. The standard InChI is InChI=1S/C17H26N2O2S/c1-2-3-10-18-15-7-5-4-6-14(15)16(20)19-13-17(21)8-11-22-12-9-17/h4-7,18,21H,2-3,8-13H2,1H3,(H,19,20). The Hall–Kier alpha value is -1.20. The highest BCUT2D eigenvalue weighted by atomic mass is 32.2. The molecule has 1 aliphatic heterocycles. The monoisotopic (exact) mass is 322 g/mol. The first kappa shape index (κ1) is 17.2. The van der Waals surface area contributed by atoms with Crippen LogP contribution in [0.2, 0.25) is 0 Å². The third-order valence-corrected chi connectivity index (χ3v) is 5.00. The number of carbonyl (C=O) groups is 1. The third kappa shape index (κ3) is 4.92. The maximum absolute atomic E-state index is 12.4. The largest absolute Gasteiger partial charge is 0.388 e. The number of carbonyl (C=O) groups excluding carboxylic acids is 1. The number of thioether (sulfide) groups is 1. The number of rotatable bonds is 7. The van der Waals surface area contributed by atoms with Crippen molar-refractivity contribution >= 4 is 23.4 Å². The lowest BCUT2D eigenvalue weighted by molar-refractivity contribution is 0.0311. The van der Waals surface area contributed by atoms with E-state index in [9.17, 15) is 9.90 Å². The van der Waals surface area contributed by atoms with Crippen LogP contribution in [0, 0.1) is 0 Å². The third-order valence-electron chi connectivity index (χ3n) is 4.02. The second-order valence-electron chi connectivity index (χ2n) is 5.85. The van der Waals surface area contributed by atoms with Gasteiger partial charge in [0.05, 0.1) is 11.2 Å². The van der Waals surface area contributed by atoms with Gasteiger partial charge in [0, 0.05) is 18.8 Å². The average molecular weight is 322 g/mol. The number of unbranched alkanes of at least 4 members (excludes halogenated alkanes) is 1. The van der Waals surface area contributed by atoms with Crippen LogP contribution < -0.4 is 10.6 Å². The summed E-state index contributed by atoms with van der Waals surface area (Å²) in [6, 6.07) is 7.55. The van der Waals surface area contributed by atoms with E-state index in [2.05, 4.69) is 17.6 Å². The highest BCUT2D eigenvalue weighted by Crippen LogP contribution is 2.26. The molecule has 22 heavy (non-hydrogen) atoms. The summed E-state index contributed by atoms with van der Waals surface area (Å²) in [5.41, 5.74) is 0.762. The van der Waals surface area contributed by atoms with Gasteiger partial charge in [-0.1, -0.05) is 25.5 Å². The first-order valence-corrected chi connectivity index (χ1v) is 9.21. The Morgan fingerprint density at radius 3 is 2.77 bits per heavy atom. The molecule has 0 atom stereocenters. The van der Waals surface area contributed by atoms with Gasteiger partial charge in [-0.3, -0.25) is 4.79 Å². The fourth-order valence-corrected chi connectivity index (χ4v) is 3.76. The van der Waals surface area contributed by atoms with Crippen LogP contribution in [-0.4, -0.2) is 41.2 Å². The molecule has 0 saturated carbocycles. The summed E-state index contributed by atoms with van der Waals surface area (Å²) in [7, 11) is 0. The van der Waals surface area contributed by atoms with E-state index in [1.807, 2.05) is 36.0 Å². The minimum absolute atomic E-state index is 0.119.